The highest BCUT2D eigenvalue weighted by Gasteiger charge is 2.36. The third kappa shape index (κ3) is 7.06. The number of hydrogen-bond donors (Lipinski definition) is 6. The minimum atomic E-state index is -1.14. The number of rotatable bonds is 11. The first-order chi connectivity index (χ1) is 12.8. The van der Waals surface area contributed by atoms with Crippen molar-refractivity contribution in [2.24, 2.45) is 17.4 Å². The van der Waals surface area contributed by atoms with Crippen LogP contribution < -0.4 is 22.3 Å². The third-order valence-corrected chi connectivity index (χ3v) is 4.90. The van der Waals surface area contributed by atoms with Gasteiger partial charge in [0.2, 0.25) is 17.7 Å². The van der Waals surface area contributed by atoms with Crippen LogP contribution in [0, 0.1) is 5.92 Å². The van der Waals surface area contributed by atoms with Gasteiger partial charge in [0.25, 0.3) is 0 Å². The second kappa shape index (κ2) is 11.9. The van der Waals surface area contributed by atoms with Crippen LogP contribution in [-0.4, -0.2) is 64.3 Å². The molecule has 1 aliphatic heterocycles. The number of hydroxylamine groups is 1. The van der Waals surface area contributed by atoms with Gasteiger partial charge in [-0.1, -0.05) is 26.2 Å². The maximum Gasteiger partial charge on any atom is 0.248 e. The van der Waals surface area contributed by atoms with Crippen LogP contribution in [0.2, 0.25) is 0 Å². The molecule has 1 aliphatic rings. The number of nitrogens with one attached hydrogen (secondary N) is 2. The summed E-state index contributed by atoms with van der Waals surface area (Å²) in [6.45, 7) is 2.32. The van der Waals surface area contributed by atoms with Crippen molar-refractivity contribution in [3.63, 3.8) is 0 Å². The number of aliphatic hydroxyl groups excluding tert-OH is 1. The number of aliphatic hydroxyl groups is 1. The SMILES string of the molecule is CCCCC[C@H](CC(=O)NO)C(=O)NC(C(=O)N1CCC[C@H]1CO)C(N)N. The van der Waals surface area contributed by atoms with Crippen LogP contribution in [0.3, 0.4) is 0 Å². The van der Waals surface area contributed by atoms with Gasteiger partial charge < -0.3 is 26.8 Å². The molecule has 0 aromatic heterocycles. The monoisotopic (exact) mass is 387 g/mol. The number of nitrogens with zero attached hydrogens (tertiary/aromatic N) is 1. The van der Waals surface area contributed by atoms with Crippen LogP contribution in [0.5, 0.6) is 0 Å². The molecule has 0 radical (unpaired) electrons. The standard InChI is InChI=1S/C17H33N5O5/c1-2-3-4-6-11(9-13(24)21-27)16(25)20-14(15(18)19)17(26)22-8-5-7-12(22)10-23/h11-12,14-15,23,27H,2-10,18-19H2,1H3,(H,20,25)(H,21,24)/t11-,12+,14?/m1/s1. The van der Waals surface area contributed by atoms with Crippen LogP contribution in [0.15, 0.2) is 0 Å². The first-order valence-corrected chi connectivity index (χ1v) is 9.51. The average molecular weight is 387 g/mol. The summed E-state index contributed by atoms with van der Waals surface area (Å²) in [4.78, 5) is 38.4. The van der Waals surface area contributed by atoms with Crippen molar-refractivity contribution in [1.82, 2.24) is 15.7 Å². The Morgan fingerprint density at radius 1 is 1.26 bits per heavy atom. The van der Waals surface area contributed by atoms with Crippen molar-refractivity contribution >= 4 is 17.7 Å². The fourth-order valence-corrected chi connectivity index (χ4v) is 3.32. The summed E-state index contributed by atoms with van der Waals surface area (Å²) in [6.07, 6.45) is 3.14. The van der Waals surface area contributed by atoms with Gasteiger partial charge in [0.1, 0.15) is 6.04 Å². The molecule has 0 bridgehead atoms. The van der Waals surface area contributed by atoms with Gasteiger partial charge in [-0.15, -0.1) is 0 Å². The zero-order valence-corrected chi connectivity index (χ0v) is 15.9. The lowest BCUT2D eigenvalue weighted by atomic mass is 9.96. The Hall–Kier alpha value is -1.75. The molecule has 0 aromatic carbocycles. The van der Waals surface area contributed by atoms with Gasteiger partial charge in [0, 0.05) is 18.9 Å². The molecule has 8 N–H and O–H groups in total. The van der Waals surface area contributed by atoms with Crippen molar-refractivity contribution in [3.8, 4) is 0 Å². The molecule has 10 heteroatoms. The van der Waals surface area contributed by atoms with Crippen molar-refractivity contribution in [2.75, 3.05) is 13.2 Å². The van der Waals surface area contributed by atoms with Crippen LogP contribution in [0.4, 0.5) is 0 Å². The highest BCUT2D eigenvalue weighted by atomic mass is 16.5. The summed E-state index contributed by atoms with van der Waals surface area (Å²) in [5, 5.41) is 20.7. The number of nitrogens with two attached hydrogens (primary N) is 2. The maximum absolute atomic E-state index is 12.8. The van der Waals surface area contributed by atoms with Gasteiger partial charge >= 0.3 is 0 Å². The van der Waals surface area contributed by atoms with E-state index in [0.29, 0.717) is 19.4 Å². The van der Waals surface area contributed by atoms with Crippen molar-refractivity contribution in [3.05, 3.63) is 0 Å². The molecule has 27 heavy (non-hydrogen) atoms. The van der Waals surface area contributed by atoms with Crippen molar-refractivity contribution in [2.45, 2.75) is 70.1 Å². The average Bonchev–Trinajstić information content (AvgIpc) is 3.13. The molecule has 0 aliphatic carbocycles. The quantitative estimate of drug-likeness (QED) is 0.112. The van der Waals surface area contributed by atoms with Crippen LogP contribution in [0.25, 0.3) is 0 Å². The second-order valence-corrected chi connectivity index (χ2v) is 7.01. The van der Waals surface area contributed by atoms with Gasteiger partial charge in [0.05, 0.1) is 18.8 Å². The predicted molar refractivity (Wildman–Crippen MR) is 98.1 cm³/mol. The lowest BCUT2D eigenvalue weighted by Crippen LogP contribution is -2.62. The molecule has 1 saturated heterocycles. The van der Waals surface area contributed by atoms with E-state index in [-0.39, 0.29) is 19.1 Å². The summed E-state index contributed by atoms with van der Waals surface area (Å²) >= 11 is 0. The number of unbranched alkanes of at least 4 members (excludes halogenated alkanes) is 2. The van der Waals surface area contributed by atoms with Crippen LogP contribution in [-0.2, 0) is 14.4 Å². The zero-order valence-electron chi connectivity index (χ0n) is 15.9. The highest BCUT2D eigenvalue weighted by Crippen LogP contribution is 2.19. The van der Waals surface area contributed by atoms with Gasteiger partial charge in [-0.2, -0.15) is 0 Å². The van der Waals surface area contributed by atoms with Gasteiger partial charge in [-0.3, -0.25) is 19.6 Å². The summed E-state index contributed by atoms with van der Waals surface area (Å²) in [5.74, 6) is -2.32. The number of carbonyl (C=O) groups excluding carboxylic acids is 3. The molecule has 1 heterocycles. The first kappa shape index (κ1) is 23.3. The van der Waals surface area contributed by atoms with Crippen LogP contribution in [0.1, 0.15) is 51.9 Å². The minimum Gasteiger partial charge on any atom is -0.394 e. The number of amides is 3. The van der Waals surface area contributed by atoms with E-state index in [1.165, 1.54) is 10.4 Å². The Labute approximate surface area is 159 Å². The first-order valence-electron chi connectivity index (χ1n) is 9.51. The molecule has 10 nitrogen and oxygen atoms in total. The zero-order chi connectivity index (χ0) is 20.4. The summed E-state index contributed by atoms with van der Waals surface area (Å²) in [6, 6.07) is -1.45. The topological polar surface area (TPSA) is 171 Å². The lowest BCUT2D eigenvalue weighted by Gasteiger charge is -2.31. The smallest absolute Gasteiger partial charge is 0.248 e. The van der Waals surface area contributed by atoms with E-state index in [2.05, 4.69) is 5.32 Å². The third-order valence-electron chi connectivity index (χ3n) is 4.90. The molecule has 1 fully saturated rings. The van der Waals surface area contributed by atoms with E-state index >= 15 is 0 Å². The Bertz CT molecular complexity index is 502. The molecule has 3 atom stereocenters. The Morgan fingerprint density at radius 3 is 2.52 bits per heavy atom. The van der Waals surface area contributed by atoms with E-state index in [1.54, 1.807) is 0 Å². The van der Waals surface area contributed by atoms with E-state index in [4.69, 9.17) is 16.7 Å². The normalized spacial score (nSPS) is 19.0. The largest absolute Gasteiger partial charge is 0.394 e. The van der Waals surface area contributed by atoms with E-state index in [9.17, 15) is 19.5 Å². The Kier molecular flexibility index (Phi) is 10.2. The molecule has 0 aromatic rings. The molecule has 1 rings (SSSR count). The van der Waals surface area contributed by atoms with Crippen molar-refractivity contribution < 1.29 is 24.7 Å². The summed E-state index contributed by atoms with van der Waals surface area (Å²) < 4.78 is 0. The van der Waals surface area contributed by atoms with E-state index in [1.807, 2.05) is 6.92 Å². The van der Waals surface area contributed by atoms with Gasteiger partial charge in [0.15, 0.2) is 0 Å². The van der Waals surface area contributed by atoms with E-state index < -0.39 is 35.8 Å². The lowest BCUT2D eigenvalue weighted by molar-refractivity contribution is -0.140. The highest BCUT2D eigenvalue weighted by molar-refractivity contribution is 5.91. The number of hydrogen-bond acceptors (Lipinski definition) is 7. The summed E-state index contributed by atoms with van der Waals surface area (Å²) in [5.41, 5.74) is 13.0. The molecule has 0 spiro atoms. The Morgan fingerprint density at radius 2 is 1.96 bits per heavy atom. The molecule has 156 valence electrons. The number of carbonyl (C=O) groups is 3. The predicted octanol–water partition coefficient (Wildman–Crippen LogP) is -1.21. The Balaban J connectivity index is 2.82. The summed E-state index contributed by atoms with van der Waals surface area (Å²) in [7, 11) is 0. The van der Waals surface area contributed by atoms with E-state index in [0.717, 1.165) is 25.7 Å². The van der Waals surface area contributed by atoms with Crippen LogP contribution >= 0.6 is 0 Å². The molecular weight excluding hydrogens is 354 g/mol. The van der Waals surface area contributed by atoms with Gasteiger partial charge in [-0.05, 0) is 19.3 Å². The molecule has 1 unspecified atom stereocenters. The fraction of sp³-hybridized carbons (Fsp3) is 0.824. The van der Waals surface area contributed by atoms with Crippen molar-refractivity contribution in [1.29, 1.82) is 0 Å². The molecule has 0 saturated carbocycles. The maximum atomic E-state index is 12.8. The molecule has 3 amide bonds. The minimum absolute atomic E-state index is 0.164. The molecular formula is C17H33N5O5. The van der Waals surface area contributed by atoms with Gasteiger partial charge in [-0.25, -0.2) is 5.48 Å². The fourth-order valence-electron chi connectivity index (χ4n) is 3.32. The number of likely N-dealkylation sites (tertiary alicyclic amines) is 1. The second-order valence-electron chi connectivity index (χ2n) is 7.01.